The minimum absolute atomic E-state index is 0.0729. The number of carbonyl (C=O) groups is 1. The maximum absolute atomic E-state index is 12.1. The summed E-state index contributed by atoms with van der Waals surface area (Å²) < 4.78 is 16.2. The third-order valence-electron chi connectivity index (χ3n) is 3.58. The first-order valence-corrected chi connectivity index (χ1v) is 9.40. The number of carbonyl (C=O) groups excluding carboxylic acids is 1. The molecule has 6 nitrogen and oxygen atoms in total. The molecule has 0 N–H and O–H groups in total. The Hall–Kier alpha value is -2.64. The Kier molecular flexibility index (Phi) is 6.26. The predicted octanol–water partition coefficient (Wildman–Crippen LogP) is 4.62. The second-order valence-electron chi connectivity index (χ2n) is 5.39. The number of thiazole rings is 1. The lowest BCUT2D eigenvalue weighted by atomic mass is 10.2. The summed E-state index contributed by atoms with van der Waals surface area (Å²) in [4.78, 5) is 20.4. The van der Waals surface area contributed by atoms with E-state index in [2.05, 4.69) is 9.97 Å². The van der Waals surface area contributed by atoms with Gasteiger partial charge < -0.3 is 14.2 Å². The van der Waals surface area contributed by atoms with Crippen LogP contribution >= 0.6 is 22.9 Å². The van der Waals surface area contributed by atoms with Gasteiger partial charge in [-0.05, 0) is 37.3 Å². The molecule has 0 fully saturated rings. The molecule has 0 bridgehead atoms. The third-order valence-corrected chi connectivity index (χ3v) is 4.72. The molecule has 27 heavy (non-hydrogen) atoms. The summed E-state index contributed by atoms with van der Waals surface area (Å²) in [6, 6.07) is 8.65. The molecule has 2 heterocycles. The molecule has 0 radical (unpaired) electrons. The van der Waals surface area contributed by atoms with E-state index in [9.17, 15) is 4.79 Å². The average molecular weight is 405 g/mol. The predicted molar refractivity (Wildman–Crippen MR) is 104 cm³/mol. The fraction of sp³-hybridized carbons (Fsp3) is 0.211. The van der Waals surface area contributed by atoms with E-state index in [0.29, 0.717) is 29.4 Å². The topological polar surface area (TPSA) is 70.5 Å². The van der Waals surface area contributed by atoms with E-state index in [1.165, 1.54) is 23.6 Å². The van der Waals surface area contributed by atoms with E-state index < -0.39 is 5.97 Å². The van der Waals surface area contributed by atoms with E-state index in [1.54, 1.807) is 13.2 Å². The van der Waals surface area contributed by atoms with Crippen LogP contribution in [0.4, 0.5) is 0 Å². The highest BCUT2D eigenvalue weighted by Gasteiger charge is 2.12. The molecule has 0 atom stereocenters. The van der Waals surface area contributed by atoms with Crippen molar-refractivity contribution in [3.05, 3.63) is 58.3 Å². The number of ether oxygens (including phenoxy) is 3. The number of aromatic nitrogens is 2. The van der Waals surface area contributed by atoms with Gasteiger partial charge in [-0.3, -0.25) is 0 Å². The van der Waals surface area contributed by atoms with E-state index in [-0.39, 0.29) is 11.8 Å². The van der Waals surface area contributed by atoms with Crippen molar-refractivity contribution in [2.45, 2.75) is 13.5 Å². The lowest BCUT2D eigenvalue weighted by Crippen LogP contribution is -2.05. The summed E-state index contributed by atoms with van der Waals surface area (Å²) in [5.74, 6) is 0.856. The number of pyridine rings is 1. The zero-order valence-corrected chi connectivity index (χ0v) is 16.3. The molecule has 0 aliphatic heterocycles. The summed E-state index contributed by atoms with van der Waals surface area (Å²) in [5, 5.41) is 2.89. The third kappa shape index (κ3) is 4.75. The first kappa shape index (κ1) is 19.1. The molecule has 0 unspecified atom stereocenters. The second kappa shape index (κ2) is 8.83. The molecule has 3 aromatic rings. The van der Waals surface area contributed by atoms with Crippen LogP contribution in [0, 0.1) is 0 Å². The molecule has 0 saturated heterocycles. The SMILES string of the molecule is CCOc1ccc(-c2nc(COC(=O)c3ccnc(Cl)c3)cs2)cc1OC. The molecular weight excluding hydrogens is 388 g/mol. The lowest BCUT2D eigenvalue weighted by molar-refractivity contribution is 0.0468. The minimum Gasteiger partial charge on any atom is -0.493 e. The zero-order valence-electron chi connectivity index (χ0n) is 14.8. The summed E-state index contributed by atoms with van der Waals surface area (Å²) in [6.07, 6.45) is 1.46. The van der Waals surface area contributed by atoms with Crippen molar-refractivity contribution in [2.24, 2.45) is 0 Å². The minimum atomic E-state index is -0.475. The number of benzene rings is 1. The molecule has 0 amide bonds. The van der Waals surface area contributed by atoms with Gasteiger partial charge in [0.2, 0.25) is 0 Å². The van der Waals surface area contributed by atoms with Gasteiger partial charge in [0.15, 0.2) is 11.5 Å². The average Bonchev–Trinajstić information content (AvgIpc) is 3.15. The Morgan fingerprint density at radius 1 is 1.22 bits per heavy atom. The largest absolute Gasteiger partial charge is 0.493 e. The summed E-state index contributed by atoms with van der Waals surface area (Å²) >= 11 is 7.25. The normalized spacial score (nSPS) is 10.5. The van der Waals surface area contributed by atoms with Gasteiger partial charge in [-0.15, -0.1) is 11.3 Å². The van der Waals surface area contributed by atoms with Crippen LogP contribution in [0.25, 0.3) is 10.6 Å². The van der Waals surface area contributed by atoms with Crippen molar-refractivity contribution in [3.8, 4) is 22.1 Å². The van der Waals surface area contributed by atoms with Gasteiger partial charge in [0.05, 0.1) is 25.0 Å². The van der Waals surface area contributed by atoms with Gasteiger partial charge in [-0.2, -0.15) is 0 Å². The molecule has 2 aromatic heterocycles. The van der Waals surface area contributed by atoms with Crippen LogP contribution in [-0.4, -0.2) is 29.7 Å². The number of halogens is 1. The maximum Gasteiger partial charge on any atom is 0.338 e. The molecule has 8 heteroatoms. The van der Waals surface area contributed by atoms with Gasteiger partial charge in [0.25, 0.3) is 0 Å². The summed E-state index contributed by atoms with van der Waals surface area (Å²) in [7, 11) is 1.60. The van der Waals surface area contributed by atoms with Crippen molar-refractivity contribution in [1.82, 2.24) is 9.97 Å². The quantitative estimate of drug-likeness (QED) is 0.422. The number of hydrogen-bond acceptors (Lipinski definition) is 7. The van der Waals surface area contributed by atoms with Crippen LogP contribution in [0.2, 0.25) is 5.15 Å². The van der Waals surface area contributed by atoms with Gasteiger partial charge >= 0.3 is 5.97 Å². The van der Waals surface area contributed by atoms with Crippen LogP contribution in [0.1, 0.15) is 23.0 Å². The van der Waals surface area contributed by atoms with E-state index in [1.807, 2.05) is 30.5 Å². The van der Waals surface area contributed by atoms with E-state index >= 15 is 0 Å². The van der Waals surface area contributed by atoms with Crippen LogP contribution in [0.5, 0.6) is 11.5 Å². The molecule has 140 valence electrons. The van der Waals surface area contributed by atoms with Crippen molar-refractivity contribution in [1.29, 1.82) is 0 Å². The van der Waals surface area contributed by atoms with Crippen molar-refractivity contribution in [3.63, 3.8) is 0 Å². The molecule has 0 aliphatic carbocycles. The molecule has 0 saturated carbocycles. The molecule has 3 rings (SSSR count). The van der Waals surface area contributed by atoms with Gasteiger partial charge in [0.1, 0.15) is 16.8 Å². The van der Waals surface area contributed by atoms with Crippen molar-refractivity contribution < 1.29 is 19.0 Å². The highest BCUT2D eigenvalue weighted by atomic mass is 35.5. The fourth-order valence-corrected chi connectivity index (χ4v) is 3.31. The van der Waals surface area contributed by atoms with Crippen LogP contribution in [-0.2, 0) is 11.3 Å². The smallest absolute Gasteiger partial charge is 0.338 e. The van der Waals surface area contributed by atoms with Crippen molar-refractivity contribution in [2.75, 3.05) is 13.7 Å². The van der Waals surface area contributed by atoms with Gasteiger partial charge in [-0.25, -0.2) is 14.8 Å². The van der Waals surface area contributed by atoms with Crippen LogP contribution < -0.4 is 9.47 Å². The zero-order chi connectivity index (χ0) is 19.2. The molecule has 0 aliphatic rings. The summed E-state index contributed by atoms with van der Waals surface area (Å²) in [5.41, 5.74) is 1.91. The lowest BCUT2D eigenvalue weighted by Gasteiger charge is -2.09. The molecular formula is C19H17ClN2O4S. The van der Waals surface area contributed by atoms with Crippen LogP contribution in [0.3, 0.4) is 0 Å². The summed E-state index contributed by atoms with van der Waals surface area (Å²) in [6.45, 7) is 2.55. The number of nitrogens with zero attached hydrogens (tertiary/aromatic N) is 2. The molecule has 0 spiro atoms. The highest BCUT2D eigenvalue weighted by Crippen LogP contribution is 2.33. The first-order valence-electron chi connectivity index (χ1n) is 8.15. The Balaban J connectivity index is 1.69. The van der Waals surface area contributed by atoms with Crippen molar-refractivity contribution >= 4 is 28.9 Å². The van der Waals surface area contributed by atoms with Gasteiger partial charge in [-0.1, -0.05) is 11.6 Å². The standard InChI is InChI=1S/C19H17ClN2O4S/c1-3-25-15-5-4-12(8-16(15)24-2)18-22-14(11-27-18)10-26-19(23)13-6-7-21-17(20)9-13/h4-9,11H,3,10H2,1-2H3. The number of methoxy groups -OCH3 is 1. The van der Waals surface area contributed by atoms with E-state index in [4.69, 9.17) is 25.8 Å². The van der Waals surface area contributed by atoms with Gasteiger partial charge in [0, 0.05) is 17.1 Å². The second-order valence-corrected chi connectivity index (χ2v) is 6.63. The Morgan fingerprint density at radius 3 is 2.81 bits per heavy atom. The molecule has 1 aromatic carbocycles. The maximum atomic E-state index is 12.1. The highest BCUT2D eigenvalue weighted by molar-refractivity contribution is 7.13. The first-order chi connectivity index (χ1) is 13.1. The Labute approximate surface area is 165 Å². The number of esters is 1. The number of hydrogen-bond donors (Lipinski definition) is 0. The van der Waals surface area contributed by atoms with Crippen LogP contribution in [0.15, 0.2) is 41.9 Å². The fourth-order valence-electron chi connectivity index (χ4n) is 2.33. The Morgan fingerprint density at radius 2 is 2.07 bits per heavy atom. The Bertz CT molecular complexity index is 945. The monoisotopic (exact) mass is 404 g/mol. The van der Waals surface area contributed by atoms with E-state index in [0.717, 1.165) is 10.6 Å². The number of rotatable bonds is 7.